The molecule has 0 spiro atoms. The highest BCUT2D eigenvalue weighted by Gasteiger charge is 2.40. The summed E-state index contributed by atoms with van der Waals surface area (Å²) in [6.45, 7) is 13.3. The van der Waals surface area contributed by atoms with Gasteiger partial charge in [-0.2, -0.15) is 0 Å². The van der Waals surface area contributed by atoms with Crippen molar-refractivity contribution < 1.29 is 28.6 Å². The van der Waals surface area contributed by atoms with Gasteiger partial charge in [0.2, 0.25) is 11.8 Å². The first-order chi connectivity index (χ1) is 14.0. The molecule has 0 radical (unpaired) electrons. The van der Waals surface area contributed by atoms with Gasteiger partial charge in [-0.15, -0.1) is 0 Å². The van der Waals surface area contributed by atoms with Crippen molar-refractivity contribution in [2.45, 2.75) is 97.9 Å². The molecule has 2 fully saturated rings. The molecule has 2 aliphatic heterocycles. The minimum absolute atomic E-state index is 0.0411. The Balaban J connectivity index is 1.88. The molecule has 0 aromatic carbocycles. The van der Waals surface area contributed by atoms with Crippen LogP contribution in [0.5, 0.6) is 0 Å². The van der Waals surface area contributed by atoms with Crippen molar-refractivity contribution in [3.8, 4) is 0 Å². The summed E-state index contributed by atoms with van der Waals surface area (Å²) in [4.78, 5) is 35.4. The maximum Gasteiger partial charge on any atom is 0.302 e. The molecule has 2 rings (SSSR count). The van der Waals surface area contributed by atoms with Crippen LogP contribution in [-0.4, -0.2) is 60.9 Å². The van der Waals surface area contributed by atoms with Crippen molar-refractivity contribution in [1.82, 2.24) is 10.6 Å². The highest BCUT2D eigenvalue weighted by atomic mass is 16.6. The monoisotopic (exact) mass is 426 g/mol. The van der Waals surface area contributed by atoms with Gasteiger partial charge in [0.15, 0.2) is 0 Å². The van der Waals surface area contributed by atoms with E-state index >= 15 is 0 Å². The molecule has 2 N–H and O–H groups in total. The van der Waals surface area contributed by atoms with Gasteiger partial charge >= 0.3 is 5.97 Å². The fourth-order valence-corrected chi connectivity index (χ4v) is 4.63. The van der Waals surface area contributed by atoms with Crippen molar-refractivity contribution in [1.29, 1.82) is 0 Å². The Labute approximate surface area is 179 Å². The normalized spacial score (nSPS) is 39.1. The lowest BCUT2D eigenvalue weighted by atomic mass is 9.80. The van der Waals surface area contributed by atoms with E-state index in [-0.39, 0.29) is 78.5 Å². The minimum Gasteiger partial charge on any atom is -0.462 e. The van der Waals surface area contributed by atoms with Crippen molar-refractivity contribution in [3.05, 3.63) is 0 Å². The van der Waals surface area contributed by atoms with Crippen LogP contribution in [0.3, 0.4) is 0 Å². The molecule has 2 saturated heterocycles. The summed E-state index contributed by atoms with van der Waals surface area (Å²) in [5, 5.41) is 5.95. The second kappa shape index (κ2) is 10.6. The van der Waals surface area contributed by atoms with E-state index < -0.39 is 0 Å². The number of nitrogens with one attached hydrogen (secondary N) is 2. The number of ether oxygens (including phenoxy) is 3. The van der Waals surface area contributed by atoms with Crippen molar-refractivity contribution >= 4 is 17.8 Å². The van der Waals surface area contributed by atoms with Crippen molar-refractivity contribution in [2.75, 3.05) is 6.54 Å². The van der Waals surface area contributed by atoms with E-state index in [4.69, 9.17) is 14.2 Å². The van der Waals surface area contributed by atoms with E-state index in [1.54, 1.807) is 0 Å². The van der Waals surface area contributed by atoms with Gasteiger partial charge in [0.05, 0.1) is 36.9 Å². The molecular weight excluding hydrogens is 388 g/mol. The van der Waals surface area contributed by atoms with Gasteiger partial charge in [0.1, 0.15) is 6.10 Å². The molecule has 30 heavy (non-hydrogen) atoms. The first-order valence-corrected chi connectivity index (χ1v) is 11.0. The minimum atomic E-state index is -0.312. The molecule has 0 saturated carbocycles. The van der Waals surface area contributed by atoms with Crippen molar-refractivity contribution in [2.24, 2.45) is 17.8 Å². The van der Waals surface area contributed by atoms with Crippen LogP contribution in [0.2, 0.25) is 0 Å². The third-order valence-corrected chi connectivity index (χ3v) is 6.60. The van der Waals surface area contributed by atoms with Crippen LogP contribution in [0.15, 0.2) is 0 Å². The van der Waals surface area contributed by atoms with E-state index in [0.29, 0.717) is 13.0 Å². The predicted octanol–water partition coefficient (Wildman–Crippen LogP) is 1.80. The topological polar surface area (TPSA) is 103 Å². The Hall–Kier alpha value is -1.67. The number of amides is 2. The summed E-state index contributed by atoms with van der Waals surface area (Å²) in [5.74, 6) is -0.137. The van der Waals surface area contributed by atoms with Crippen LogP contribution in [-0.2, 0) is 28.6 Å². The maximum atomic E-state index is 12.6. The number of carbonyl (C=O) groups is 3. The van der Waals surface area contributed by atoms with Gasteiger partial charge < -0.3 is 24.8 Å². The van der Waals surface area contributed by atoms with E-state index in [0.717, 1.165) is 0 Å². The zero-order chi connectivity index (χ0) is 22.6. The van der Waals surface area contributed by atoms with Gasteiger partial charge in [-0.05, 0) is 25.7 Å². The van der Waals surface area contributed by atoms with Crippen LogP contribution < -0.4 is 10.6 Å². The summed E-state index contributed by atoms with van der Waals surface area (Å²) in [5.41, 5.74) is 0. The zero-order valence-electron chi connectivity index (χ0n) is 19.3. The maximum absolute atomic E-state index is 12.6. The first-order valence-electron chi connectivity index (χ1n) is 11.0. The SMILES string of the molecule is CC(=O)NC1C(C)OC(CNC(=O)CC2OC(C)CC(OC(C)=O)C2C)C(C)C1C. The summed E-state index contributed by atoms with van der Waals surface area (Å²) < 4.78 is 17.5. The number of esters is 1. The molecule has 2 aliphatic rings. The second-order valence-corrected chi connectivity index (χ2v) is 9.06. The Morgan fingerprint density at radius 2 is 1.60 bits per heavy atom. The van der Waals surface area contributed by atoms with Crippen molar-refractivity contribution in [3.63, 3.8) is 0 Å². The molecule has 9 unspecified atom stereocenters. The molecule has 2 heterocycles. The fourth-order valence-electron chi connectivity index (χ4n) is 4.63. The van der Waals surface area contributed by atoms with E-state index in [1.165, 1.54) is 13.8 Å². The Morgan fingerprint density at radius 1 is 0.933 bits per heavy atom. The predicted molar refractivity (Wildman–Crippen MR) is 112 cm³/mol. The number of rotatable bonds is 6. The molecule has 9 atom stereocenters. The average Bonchev–Trinajstić information content (AvgIpc) is 2.63. The van der Waals surface area contributed by atoms with Gasteiger partial charge in [-0.3, -0.25) is 14.4 Å². The van der Waals surface area contributed by atoms with Crippen LogP contribution >= 0.6 is 0 Å². The average molecular weight is 427 g/mol. The van der Waals surface area contributed by atoms with Crippen LogP contribution in [0, 0.1) is 17.8 Å². The quantitative estimate of drug-likeness (QED) is 0.628. The number of hydrogen-bond acceptors (Lipinski definition) is 6. The van der Waals surface area contributed by atoms with Gasteiger partial charge in [0.25, 0.3) is 0 Å². The third-order valence-electron chi connectivity index (χ3n) is 6.60. The Kier molecular flexibility index (Phi) is 8.67. The summed E-state index contributed by atoms with van der Waals surface area (Å²) >= 11 is 0. The largest absolute Gasteiger partial charge is 0.462 e. The first kappa shape index (κ1) is 24.6. The summed E-state index contributed by atoms with van der Waals surface area (Å²) in [7, 11) is 0. The second-order valence-electron chi connectivity index (χ2n) is 9.06. The molecule has 8 nitrogen and oxygen atoms in total. The standard InChI is InChI=1S/C22H38N2O6/c1-11-8-18(30-17(7)26)14(4)19(28-11)9-21(27)23-10-20-12(2)13(3)22(15(5)29-20)24-16(6)25/h11-15,18-20,22H,8-10H2,1-7H3,(H,23,27)(H,24,25). The van der Waals surface area contributed by atoms with Gasteiger partial charge in [-0.1, -0.05) is 20.8 Å². The van der Waals surface area contributed by atoms with E-state index in [2.05, 4.69) is 24.5 Å². The molecule has 0 aromatic rings. The van der Waals surface area contributed by atoms with E-state index in [1.807, 2.05) is 20.8 Å². The number of carbonyl (C=O) groups excluding carboxylic acids is 3. The summed E-state index contributed by atoms with van der Waals surface area (Å²) in [6.07, 6.45) is -0.0162. The lowest BCUT2D eigenvalue weighted by Gasteiger charge is -2.44. The van der Waals surface area contributed by atoms with Crippen LogP contribution in [0.4, 0.5) is 0 Å². The summed E-state index contributed by atoms with van der Waals surface area (Å²) in [6, 6.07) is -0.0411. The third kappa shape index (κ3) is 6.41. The molecule has 0 aromatic heterocycles. The lowest BCUT2D eigenvalue weighted by Crippen LogP contribution is -2.57. The number of hydrogen-bond donors (Lipinski definition) is 2. The molecular formula is C22H38N2O6. The Morgan fingerprint density at radius 3 is 2.20 bits per heavy atom. The highest BCUT2D eigenvalue weighted by molar-refractivity contribution is 5.76. The smallest absolute Gasteiger partial charge is 0.302 e. The van der Waals surface area contributed by atoms with Crippen LogP contribution in [0.25, 0.3) is 0 Å². The zero-order valence-corrected chi connectivity index (χ0v) is 19.3. The lowest BCUT2D eigenvalue weighted by molar-refractivity contribution is -0.171. The van der Waals surface area contributed by atoms with Crippen LogP contribution in [0.1, 0.15) is 61.3 Å². The fraction of sp³-hybridized carbons (Fsp3) is 0.864. The Bertz CT molecular complexity index is 627. The molecule has 0 bridgehead atoms. The molecule has 0 aliphatic carbocycles. The van der Waals surface area contributed by atoms with E-state index in [9.17, 15) is 14.4 Å². The molecule has 172 valence electrons. The molecule has 8 heteroatoms. The molecule has 2 amide bonds. The van der Waals surface area contributed by atoms with Gasteiger partial charge in [0, 0.05) is 32.7 Å². The van der Waals surface area contributed by atoms with Gasteiger partial charge in [-0.25, -0.2) is 0 Å². The highest BCUT2D eigenvalue weighted by Crippen LogP contribution is 2.31.